The normalized spacial score (nSPS) is 17.7. The molecule has 1 unspecified atom stereocenters. The van der Waals surface area contributed by atoms with Crippen LogP contribution in [0.15, 0.2) is 36.5 Å². The van der Waals surface area contributed by atoms with Gasteiger partial charge in [-0.3, -0.25) is 0 Å². The molecule has 2 aliphatic heterocycles. The van der Waals surface area contributed by atoms with Crippen LogP contribution in [0.2, 0.25) is 0 Å². The summed E-state index contributed by atoms with van der Waals surface area (Å²) in [6, 6.07) is 10.1. The van der Waals surface area contributed by atoms with Gasteiger partial charge in [-0.2, -0.15) is 4.57 Å². The van der Waals surface area contributed by atoms with Crippen molar-refractivity contribution in [1.82, 2.24) is 0 Å². The van der Waals surface area contributed by atoms with Gasteiger partial charge in [-0.05, 0) is 35.2 Å². The van der Waals surface area contributed by atoms with E-state index in [1.807, 2.05) is 24.3 Å². The van der Waals surface area contributed by atoms with E-state index in [1.54, 1.807) is 14.2 Å². The molecule has 5 nitrogen and oxygen atoms in total. The van der Waals surface area contributed by atoms with Crippen LogP contribution in [-0.2, 0) is 13.0 Å². The van der Waals surface area contributed by atoms with E-state index in [2.05, 4.69) is 16.8 Å². The van der Waals surface area contributed by atoms with E-state index in [0.717, 1.165) is 46.5 Å². The molecule has 0 spiro atoms. The molecule has 2 aliphatic rings. The lowest BCUT2D eigenvalue weighted by atomic mass is 9.95. The molecular formula is C20H18NO4+. The van der Waals surface area contributed by atoms with Crippen molar-refractivity contribution in [3.63, 3.8) is 0 Å². The van der Waals surface area contributed by atoms with Crippen molar-refractivity contribution < 1.29 is 24.9 Å². The van der Waals surface area contributed by atoms with Crippen molar-refractivity contribution in [2.24, 2.45) is 0 Å². The third-order valence-electron chi connectivity index (χ3n) is 4.92. The van der Waals surface area contributed by atoms with Crippen molar-refractivity contribution in [3.8, 4) is 34.3 Å². The summed E-state index contributed by atoms with van der Waals surface area (Å²) in [6.45, 7) is -0.114. The van der Waals surface area contributed by atoms with Gasteiger partial charge in [0.2, 0.25) is 12.5 Å². The average molecular weight is 338 g/mol. The fourth-order valence-corrected chi connectivity index (χ4v) is 3.70. The maximum atomic E-state index is 7.65. The first kappa shape index (κ1) is 13.4. The summed E-state index contributed by atoms with van der Waals surface area (Å²) in [5, 5.41) is 2.10. The quantitative estimate of drug-likeness (QED) is 0.673. The number of hydrogen-bond acceptors (Lipinski definition) is 4. The van der Waals surface area contributed by atoms with Crippen LogP contribution in [-0.4, -0.2) is 21.0 Å². The molecule has 0 amide bonds. The molecule has 1 aromatic heterocycles. The van der Waals surface area contributed by atoms with Gasteiger partial charge in [0.05, 0.1) is 25.2 Å². The molecule has 0 aliphatic carbocycles. The molecule has 5 rings (SSSR count). The number of benzene rings is 2. The predicted octanol–water partition coefficient (Wildman–Crippen LogP) is 3.10. The first-order valence-electron chi connectivity index (χ1n) is 8.76. The van der Waals surface area contributed by atoms with Gasteiger partial charge in [-0.15, -0.1) is 0 Å². The van der Waals surface area contributed by atoms with Crippen molar-refractivity contribution in [2.75, 3.05) is 21.0 Å². The first-order chi connectivity index (χ1) is 12.7. The molecule has 25 heavy (non-hydrogen) atoms. The SMILES string of the molecule is [3H]C1Oc2cc3c(cc2O1)-c1cc2ccc(OC)c(OC)c2c[n+]1CC3. The van der Waals surface area contributed by atoms with Gasteiger partial charge < -0.3 is 18.9 Å². The highest BCUT2D eigenvalue weighted by atomic mass is 16.7. The molecular weight excluding hydrogens is 318 g/mol. The number of ether oxygens (including phenoxy) is 4. The largest absolute Gasteiger partial charge is 0.493 e. The van der Waals surface area contributed by atoms with Gasteiger partial charge in [0.15, 0.2) is 35.7 Å². The Hall–Kier alpha value is -2.95. The Labute approximate surface area is 146 Å². The van der Waals surface area contributed by atoms with Gasteiger partial charge >= 0.3 is 0 Å². The third kappa shape index (κ3) is 2.05. The highest BCUT2D eigenvalue weighted by molar-refractivity contribution is 5.91. The number of pyridine rings is 1. The summed E-state index contributed by atoms with van der Waals surface area (Å²) >= 11 is 0. The van der Waals surface area contributed by atoms with E-state index in [-0.39, 0.29) is 0 Å². The van der Waals surface area contributed by atoms with Gasteiger partial charge in [0, 0.05) is 12.5 Å². The molecule has 0 N–H and O–H groups in total. The molecule has 126 valence electrons. The highest BCUT2D eigenvalue weighted by Crippen LogP contribution is 2.41. The molecule has 0 radical (unpaired) electrons. The van der Waals surface area contributed by atoms with Gasteiger partial charge in [0.25, 0.3) is 0 Å². The Morgan fingerprint density at radius 2 is 1.92 bits per heavy atom. The number of rotatable bonds is 2. The molecule has 3 aromatic rings. The Morgan fingerprint density at radius 1 is 1.08 bits per heavy atom. The lowest BCUT2D eigenvalue weighted by Crippen LogP contribution is -2.40. The number of methoxy groups -OCH3 is 2. The van der Waals surface area contributed by atoms with Crippen LogP contribution < -0.4 is 23.5 Å². The Bertz CT molecular complexity index is 1050. The summed E-state index contributed by atoms with van der Waals surface area (Å²) in [5.74, 6) is 2.75. The summed E-state index contributed by atoms with van der Waals surface area (Å²) < 4.78 is 31.7. The van der Waals surface area contributed by atoms with Gasteiger partial charge in [-0.1, -0.05) is 0 Å². The Morgan fingerprint density at radius 3 is 2.72 bits per heavy atom. The van der Waals surface area contributed by atoms with E-state index >= 15 is 0 Å². The van der Waals surface area contributed by atoms with Crippen LogP contribution in [0.4, 0.5) is 0 Å². The van der Waals surface area contributed by atoms with Crippen molar-refractivity contribution in [1.29, 1.82) is 0 Å². The minimum absolute atomic E-state index is 0.629. The summed E-state index contributed by atoms with van der Waals surface area (Å²) in [7, 11) is 3.31. The highest BCUT2D eigenvalue weighted by Gasteiger charge is 2.28. The van der Waals surface area contributed by atoms with Crippen LogP contribution in [0, 0.1) is 0 Å². The lowest BCUT2D eigenvalue weighted by Gasteiger charge is -2.17. The zero-order chi connectivity index (χ0) is 17.8. The van der Waals surface area contributed by atoms with Crippen LogP contribution in [0.3, 0.4) is 0 Å². The predicted molar refractivity (Wildman–Crippen MR) is 92.5 cm³/mol. The van der Waals surface area contributed by atoms with Crippen molar-refractivity contribution in [2.45, 2.75) is 13.0 Å². The van der Waals surface area contributed by atoms with Crippen LogP contribution in [0.5, 0.6) is 23.0 Å². The number of fused-ring (bicyclic) bond motifs is 5. The number of hydrogen-bond donors (Lipinski definition) is 0. The first-order valence-corrected chi connectivity index (χ1v) is 8.19. The van der Waals surface area contributed by atoms with E-state index in [4.69, 9.17) is 20.3 Å². The molecule has 2 aromatic carbocycles. The van der Waals surface area contributed by atoms with E-state index in [0.29, 0.717) is 11.5 Å². The molecule has 0 fully saturated rings. The lowest BCUT2D eigenvalue weighted by molar-refractivity contribution is -0.686. The van der Waals surface area contributed by atoms with Crippen molar-refractivity contribution >= 4 is 10.8 Å². The number of nitrogens with zero attached hydrogens (tertiary/aromatic N) is 1. The van der Waals surface area contributed by atoms with Crippen LogP contribution >= 0.6 is 0 Å². The minimum atomic E-state index is -0.977. The van der Waals surface area contributed by atoms with E-state index < -0.39 is 6.77 Å². The van der Waals surface area contributed by atoms with Crippen LogP contribution in [0.1, 0.15) is 6.93 Å². The molecule has 3 heterocycles. The van der Waals surface area contributed by atoms with Gasteiger partial charge in [0.1, 0.15) is 1.37 Å². The van der Waals surface area contributed by atoms with Gasteiger partial charge in [-0.25, -0.2) is 0 Å². The monoisotopic (exact) mass is 338 g/mol. The minimum Gasteiger partial charge on any atom is -0.493 e. The third-order valence-corrected chi connectivity index (χ3v) is 4.92. The standard InChI is InChI=1S/C20H18NO4/c1-22-17-4-3-12-7-16-14-9-19-18(24-11-25-19)8-13(14)5-6-21(16)10-15(12)20(17)23-2/h3-4,7-10H,5-6,11H2,1-2H3/q+1/i11T. The van der Waals surface area contributed by atoms with E-state index in [1.165, 1.54) is 5.56 Å². The van der Waals surface area contributed by atoms with Crippen molar-refractivity contribution in [3.05, 3.63) is 42.1 Å². The second-order valence-electron chi connectivity index (χ2n) is 6.19. The molecule has 0 bridgehead atoms. The van der Waals surface area contributed by atoms with E-state index in [9.17, 15) is 0 Å². The number of aryl methyl sites for hydroxylation is 2. The summed E-state index contributed by atoms with van der Waals surface area (Å²) in [4.78, 5) is 0. The molecule has 0 saturated heterocycles. The Kier molecular flexibility index (Phi) is 2.82. The maximum absolute atomic E-state index is 7.65. The zero-order valence-electron chi connectivity index (χ0n) is 15.0. The average Bonchev–Trinajstić information content (AvgIpc) is 3.02. The number of aromatic nitrogens is 1. The molecule has 0 saturated carbocycles. The fraction of sp³-hybridized carbons (Fsp3) is 0.250. The Balaban J connectivity index is 1.72. The zero-order valence-corrected chi connectivity index (χ0v) is 14.0. The second kappa shape index (κ2) is 5.28. The topological polar surface area (TPSA) is 40.8 Å². The summed E-state index contributed by atoms with van der Waals surface area (Å²) in [5.41, 5.74) is 3.44. The van der Waals surface area contributed by atoms with Crippen LogP contribution in [0.25, 0.3) is 22.0 Å². The maximum Gasteiger partial charge on any atom is 0.231 e. The fourth-order valence-electron chi connectivity index (χ4n) is 3.70. The summed E-state index contributed by atoms with van der Waals surface area (Å²) in [6.07, 6.45) is 3.01. The smallest absolute Gasteiger partial charge is 0.231 e. The molecule has 5 heteroatoms. The second-order valence-corrected chi connectivity index (χ2v) is 6.19. The molecule has 1 atom stereocenters.